The van der Waals surface area contributed by atoms with Gasteiger partial charge in [0, 0.05) is 29.2 Å². The predicted octanol–water partition coefficient (Wildman–Crippen LogP) is 2.74. The van der Waals surface area contributed by atoms with Crippen molar-refractivity contribution < 1.29 is 4.39 Å². The Kier molecular flexibility index (Phi) is 4.48. The lowest BCUT2D eigenvalue weighted by Crippen LogP contribution is -2.26. The fourth-order valence-electron chi connectivity index (χ4n) is 1.71. The van der Waals surface area contributed by atoms with E-state index in [-0.39, 0.29) is 5.82 Å². The molecule has 1 aromatic heterocycles. The molecule has 0 amide bonds. The Hall–Kier alpha value is -0.970. The molecule has 0 fully saturated rings. The molecular weight excluding hydrogens is 235 g/mol. The zero-order valence-electron chi connectivity index (χ0n) is 9.92. The van der Waals surface area contributed by atoms with E-state index in [2.05, 4.69) is 23.6 Å². The molecule has 0 atom stereocenters. The normalized spacial score (nSPS) is 11.2. The number of benzene rings is 1. The standard InChI is InChI=1S/C13H17FN2S/c1-2-15-5-6-16-9-12-7-10-3-4-11(14)8-13(10)17-12/h3-4,7-8,15-16H,2,5-6,9H2,1H3. The van der Waals surface area contributed by atoms with E-state index in [1.54, 1.807) is 17.4 Å². The van der Waals surface area contributed by atoms with Crippen LogP contribution in [-0.2, 0) is 6.54 Å². The first-order valence-electron chi connectivity index (χ1n) is 5.89. The molecule has 1 aromatic carbocycles. The number of halogens is 1. The minimum absolute atomic E-state index is 0.161. The maximum absolute atomic E-state index is 13.0. The van der Waals surface area contributed by atoms with Crippen molar-refractivity contribution in [1.29, 1.82) is 0 Å². The molecule has 17 heavy (non-hydrogen) atoms. The Morgan fingerprint density at radius 2 is 2.00 bits per heavy atom. The largest absolute Gasteiger partial charge is 0.316 e. The van der Waals surface area contributed by atoms with Crippen LogP contribution in [0.15, 0.2) is 24.3 Å². The number of thiophene rings is 1. The monoisotopic (exact) mass is 252 g/mol. The molecule has 0 bridgehead atoms. The summed E-state index contributed by atoms with van der Waals surface area (Å²) in [5.41, 5.74) is 0. The van der Waals surface area contributed by atoms with Gasteiger partial charge in [0.2, 0.25) is 0 Å². The number of likely N-dealkylation sites (N-methyl/N-ethyl adjacent to an activating group) is 1. The van der Waals surface area contributed by atoms with Crippen molar-refractivity contribution >= 4 is 21.4 Å². The van der Waals surface area contributed by atoms with Gasteiger partial charge < -0.3 is 10.6 Å². The Morgan fingerprint density at radius 1 is 1.18 bits per heavy atom. The van der Waals surface area contributed by atoms with E-state index in [1.807, 2.05) is 6.07 Å². The minimum Gasteiger partial charge on any atom is -0.316 e. The van der Waals surface area contributed by atoms with Crippen LogP contribution in [0.5, 0.6) is 0 Å². The van der Waals surface area contributed by atoms with Crippen molar-refractivity contribution in [3.05, 3.63) is 35.0 Å². The summed E-state index contributed by atoms with van der Waals surface area (Å²) in [6, 6.07) is 7.07. The van der Waals surface area contributed by atoms with E-state index in [9.17, 15) is 4.39 Å². The van der Waals surface area contributed by atoms with Gasteiger partial charge in [0.05, 0.1) is 0 Å². The highest BCUT2D eigenvalue weighted by atomic mass is 32.1. The Labute approximate surface area is 105 Å². The van der Waals surface area contributed by atoms with E-state index in [0.29, 0.717) is 0 Å². The van der Waals surface area contributed by atoms with Gasteiger partial charge in [-0.2, -0.15) is 0 Å². The summed E-state index contributed by atoms with van der Waals surface area (Å²) in [7, 11) is 0. The van der Waals surface area contributed by atoms with Crippen LogP contribution < -0.4 is 10.6 Å². The van der Waals surface area contributed by atoms with Gasteiger partial charge in [-0.1, -0.05) is 13.0 Å². The molecule has 0 unspecified atom stereocenters. The van der Waals surface area contributed by atoms with Gasteiger partial charge >= 0.3 is 0 Å². The lowest BCUT2D eigenvalue weighted by Gasteiger charge is -2.02. The third-order valence-corrected chi connectivity index (χ3v) is 3.66. The third-order valence-electron chi connectivity index (χ3n) is 2.56. The van der Waals surface area contributed by atoms with Gasteiger partial charge in [0.25, 0.3) is 0 Å². The topological polar surface area (TPSA) is 24.1 Å². The Morgan fingerprint density at radius 3 is 2.82 bits per heavy atom. The quantitative estimate of drug-likeness (QED) is 0.772. The van der Waals surface area contributed by atoms with Crippen molar-refractivity contribution in [3.8, 4) is 0 Å². The van der Waals surface area contributed by atoms with Gasteiger partial charge in [-0.25, -0.2) is 4.39 Å². The van der Waals surface area contributed by atoms with Crippen LogP contribution in [0, 0.1) is 5.82 Å². The van der Waals surface area contributed by atoms with E-state index in [0.717, 1.165) is 36.3 Å². The summed E-state index contributed by atoms with van der Waals surface area (Å²) < 4.78 is 14.0. The van der Waals surface area contributed by atoms with Crippen LogP contribution in [0.2, 0.25) is 0 Å². The molecule has 0 spiro atoms. The van der Waals surface area contributed by atoms with Crippen LogP contribution in [0.1, 0.15) is 11.8 Å². The summed E-state index contributed by atoms with van der Waals surface area (Å²) >= 11 is 1.65. The fourth-order valence-corrected chi connectivity index (χ4v) is 2.77. The van der Waals surface area contributed by atoms with E-state index < -0.39 is 0 Å². The van der Waals surface area contributed by atoms with Gasteiger partial charge in [-0.05, 0) is 30.1 Å². The summed E-state index contributed by atoms with van der Waals surface area (Å²) in [6.07, 6.45) is 0. The smallest absolute Gasteiger partial charge is 0.124 e. The summed E-state index contributed by atoms with van der Waals surface area (Å²) in [4.78, 5) is 1.25. The zero-order valence-corrected chi connectivity index (χ0v) is 10.7. The molecule has 0 aliphatic rings. The van der Waals surface area contributed by atoms with Gasteiger partial charge in [0.1, 0.15) is 5.82 Å². The number of nitrogens with one attached hydrogen (secondary N) is 2. The molecule has 92 valence electrons. The van der Waals surface area contributed by atoms with Gasteiger partial charge in [-0.15, -0.1) is 11.3 Å². The molecule has 0 saturated heterocycles. The molecule has 0 aliphatic heterocycles. The molecule has 2 N–H and O–H groups in total. The van der Waals surface area contributed by atoms with Crippen molar-refractivity contribution in [2.45, 2.75) is 13.5 Å². The first kappa shape index (κ1) is 12.5. The highest BCUT2D eigenvalue weighted by Gasteiger charge is 2.02. The molecule has 2 aromatic rings. The van der Waals surface area contributed by atoms with Gasteiger partial charge in [-0.3, -0.25) is 0 Å². The second kappa shape index (κ2) is 6.10. The van der Waals surface area contributed by atoms with E-state index in [1.165, 1.54) is 10.9 Å². The number of hydrogen-bond acceptors (Lipinski definition) is 3. The first-order valence-corrected chi connectivity index (χ1v) is 6.70. The SMILES string of the molecule is CCNCCNCc1cc2ccc(F)cc2s1. The number of fused-ring (bicyclic) bond motifs is 1. The predicted molar refractivity (Wildman–Crippen MR) is 72.0 cm³/mol. The molecule has 0 aliphatic carbocycles. The highest BCUT2D eigenvalue weighted by molar-refractivity contribution is 7.19. The molecular formula is C13H17FN2S. The molecule has 0 saturated carbocycles. The van der Waals surface area contributed by atoms with Crippen molar-refractivity contribution in [2.75, 3.05) is 19.6 Å². The summed E-state index contributed by atoms with van der Waals surface area (Å²) in [5, 5.41) is 7.75. The fraction of sp³-hybridized carbons (Fsp3) is 0.385. The summed E-state index contributed by atoms with van der Waals surface area (Å²) in [6.45, 7) is 5.89. The van der Waals surface area contributed by atoms with E-state index >= 15 is 0 Å². The molecule has 4 heteroatoms. The second-order valence-corrected chi connectivity index (χ2v) is 5.09. The van der Waals surface area contributed by atoms with Gasteiger partial charge in [0.15, 0.2) is 0 Å². The maximum Gasteiger partial charge on any atom is 0.124 e. The second-order valence-electron chi connectivity index (χ2n) is 3.93. The van der Waals surface area contributed by atoms with Crippen molar-refractivity contribution in [3.63, 3.8) is 0 Å². The zero-order chi connectivity index (χ0) is 12.1. The molecule has 0 radical (unpaired) electrons. The first-order chi connectivity index (χ1) is 8.29. The lowest BCUT2D eigenvalue weighted by atomic mass is 10.2. The Balaban J connectivity index is 1.91. The van der Waals surface area contributed by atoms with Crippen molar-refractivity contribution in [2.24, 2.45) is 0 Å². The van der Waals surface area contributed by atoms with Crippen LogP contribution in [0.4, 0.5) is 4.39 Å². The van der Waals surface area contributed by atoms with Crippen LogP contribution in [-0.4, -0.2) is 19.6 Å². The average Bonchev–Trinajstić information content (AvgIpc) is 2.70. The number of hydrogen-bond donors (Lipinski definition) is 2. The molecule has 1 heterocycles. The minimum atomic E-state index is -0.161. The molecule has 2 rings (SSSR count). The van der Waals surface area contributed by atoms with Crippen LogP contribution in [0.25, 0.3) is 10.1 Å². The molecule has 2 nitrogen and oxygen atoms in total. The highest BCUT2D eigenvalue weighted by Crippen LogP contribution is 2.26. The van der Waals surface area contributed by atoms with Crippen LogP contribution >= 0.6 is 11.3 Å². The number of rotatable bonds is 6. The maximum atomic E-state index is 13.0. The Bertz CT molecular complexity index is 481. The lowest BCUT2D eigenvalue weighted by molar-refractivity contribution is 0.628. The van der Waals surface area contributed by atoms with Crippen molar-refractivity contribution in [1.82, 2.24) is 10.6 Å². The average molecular weight is 252 g/mol. The van der Waals surface area contributed by atoms with Crippen LogP contribution in [0.3, 0.4) is 0 Å². The van der Waals surface area contributed by atoms with E-state index in [4.69, 9.17) is 0 Å². The third kappa shape index (κ3) is 3.49. The summed E-state index contributed by atoms with van der Waals surface area (Å²) in [5.74, 6) is -0.161.